The number of hydrogen-bond acceptors (Lipinski definition) is 4. The zero-order valence-electron chi connectivity index (χ0n) is 11.9. The largest absolute Gasteiger partial charge is 0.493 e. The minimum Gasteiger partial charge on any atom is -0.493 e. The van der Waals surface area contributed by atoms with Crippen molar-refractivity contribution < 1.29 is 24.5 Å². The third kappa shape index (κ3) is 3.77. The summed E-state index contributed by atoms with van der Waals surface area (Å²) in [4.78, 5) is 11.2. The SMILES string of the molecule is COc1cc(Cl)cc(C(=O)O)c1OCC(C)(O)C(C)C. The average Bonchev–Trinajstić information content (AvgIpc) is 2.35. The van der Waals surface area contributed by atoms with Crippen LogP contribution in [0.1, 0.15) is 31.1 Å². The number of halogens is 1. The van der Waals surface area contributed by atoms with Gasteiger partial charge in [-0.25, -0.2) is 4.79 Å². The first kappa shape index (κ1) is 16.6. The van der Waals surface area contributed by atoms with E-state index in [0.717, 1.165) is 0 Å². The molecule has 0 aliphatic carbocycles. The molecular weight excluding hydrogens is 284 g/mol. The second-order valence-electron chi connectivity index (χ2n) is 5.09. The Morgan fingerprint density at radius 3 is 2.50 bits per heavy atom. The van der Waals surface area contributed by atoms with E-state index in [-0.39, 0.29) is 34.6 Å². The van der Waals surface area contributed by atoms with E-state index in [0.29, 0.717) is 0 Å². The number of benzene rings is 1. The monoisotopic (exact) mass is 302 g/mol. The lowest BCUT2D eigenvalue weighted by Crippen LogP contribution is -2.38. The highest BCUT2D eigenvalue weighted by atomic mass is 35.5. The summed E-state index contributed by atoms with van der Waals surface area (Å²) in [5.74, 6) is -0.946. The molecule has 1 atom stereocenters. The topological polar surface area (TPSA) is 76.0 Å². The van der Waals surface area contributed by atoms with Gasteiger partial charge in [-0.05, 0) is 18.9 Å². The maximum Gasteiger partial charge on any atom is 0.339 e. The van der Waals surface area contributed by atoms with Crippen LogP contribution in [0, 0.1) is 5.92 Å². The van der Waals surface area contributed by atoms with Crippen LogP contribution >= 0.6 is 11.6 Å². The zero-order chi connectivity index (χ0) is 15.5. The third-order valence-corrected chi connectivity index (χ3v) is 3.44. The van der Waals surface area contributed by atoms with Crippen molar-refractivity contribution in [1.29, 1.82) is 0 Å². The van der Waals surface area contributed by atoms with Gasteiger partial charge in [-0.15, -0.1) is 0 Å². The molecule has 0 aliphatic heterocycles. The van der Waals surface area contributed by atoms with E-state index in [1.54, 1.807) is 6.92 Å². The molecule has 1 rings (SSSR count). The van der Waals surface area contributed by atoms with Crippen LogP contribution in [0.2, 0.25) is 5.02 Å². The van der Waals surface area contributed by atoms with E-state index < -0.39 is 11.6 Å². The predicted molar refractivity (Wildman–Crippen MR) is 75.9 cm³/mol. The first-order valence-corrected chi connectivity index (χ1v) is 6.53. The zero-order valence-corrected chi connectivity index (χ0v) is 12.7. The highest BCUT2D eigenvalue weighted by Gasteiger charge is 2.28. The molecule has 0 aliphatic rings. The van der Waals surface area contributed by atoms with Crippen molar-refractivity contribution in [3.05, 3.63) is 22.7 Å². The lowest BCUT2D eigenvalue weighted by Gasteiger charge is -2.28. The van der Waals surface area contributed by atoms with E-state index in [1.807, 2.05) is 13.8 Å². The molecule has 1 aromatic carbocycles. The van der Waals surface area contributed by atoms with Gasteiger partial charge in [0.15, 0.2) is 11.5 Å². The van der Waals surface area contributed by atoms with Gasteiger partial charge in [0.1, 0.15) is 12.2 Å². The predicted octanol–water partition coefficient (Wildman–Crippen LogP) is 2.83. The molecule has 0 radical (unpaired) electrons. The summed E-state index contributed by atoms with van der Waals surface area (Å²) in [5, 5.41) is 19.6. The van der Waals surface area contributed by atoms with Gasteiger partial charge in [0.25, 0.3) is 0 Å². The molecule has 1 unspecified atom stereocenters. The van der Waals surface area contributed by atoms with E-state index in [4.69, 9.17) is 21.1 Å². The van der Waals surface area contributed by atoms with Gasteiger partial charge >= 0.3 is 5.97 Å². The highest BCUT2D eigenvalue weighted by molar-refractivity contribution is 6.31. The summed E-state index contributed by atoms with van der Waals surface area (Å²) < 4.78 is 10.6. The standard InChI is InChI=1S/C14H19ClO5/c1-8(2)14(3,18)7-20-12-10(13(16)17)5-9(15)6-11(12)19-4/h5-6,8,18H,7H2,1-4H3,(H,16,17). The Kier molecular flexibility index (Phi) is 5.25. The van der Waals surface area contributed by atoms with Gasteiger partial charge in [-0.3, -0.25) is 0 Å². The highest BCUT2D eigenvalue weighted by Crippen LogP contribution is 2.35. The van der Waals surface area contributed by atoms with Gasteiger partial charge in [0.2, 0.25) is 0 Å². The van der Waals surface area contributed by atoms with E-state index in [1.165, 1.54) is 19.2 Å². The first-order valence-electron chi connectivity index (χ1n) is 6.15. The van der Waals surface area contributed by atoms with Crippen LogP contribution < -0.4 is 9.47 Å². The number of aliphatic hydroxyl groups is 1. The van der Waals surface area contributed by atoms with Crippen molar-refractivity contribution in [2.24, 2.45) is 5.92 Å². The second kappa shape index (κ2) is 6.33. The molecule has 0 fully saturated rings. The average molecular weight is 303 g/mol. The van der Waals surface area contributed by atoms with Crippen LogP contribution in [-0.4, -0.2) is 35.5 Å². The molecule has 0 spiro atoms. The van der Waals surface area contributed by atoms with E-state index in [2.05, 4.69) is 0 Å². The molecule has 6 heteroatoms. The van der Waals surface area contributed by atoms with Crippen LogP contribution in [0.15, 0.2) is 12.1 Å². The van der Waals surface area contributed by atoms with Crippen LogP contribution in [0.3, 0.4) is 0 Å². The Morgan fingerprint density at radius 2 is 2.05 bits per heavy atom. The molecule has 5 nitrogen and oxygen atoms in total. The smallest absolute Gasteiger partial charge is 0.339 e. The summed E-state index contributed by atoms with van der Waals surface area (Å²) in [5.41, 5.74) is -1.19. The fourth-order valence-electron chi connectivity index (χ4n) is 1.41. The Labute approximate surface area is 123 Å². The fourth-order valence-corrected chi connectivity index (χ4v) is 1.62. The van der Waals surface area contributed by atoms with E-state index in [9.17, 15) is 15.0 Å². The van der Waals surface area contributed by atoms with Crippen LogP contribution in [0.4, 0.5) is 0 Å². The number of aromatic carboxylic acids is 1. The Hall–Kier alpha value is -1.46. The molecule has 0 saturated carbocycles. The van der Waals surface area contributed by atoms with Gasteiger partial charge in [-0.1, -0.05) is 25.4 Å². The summed E-state index contributed by atoms with van der Waals surface area (Å²) in [6.07, 6.45) is 0. The number of carboxylic acid groups (broad SMARTS) is 1. The second-order valence-corrected chi connectivity index (χ2v) is 5.53. The Balaban J connectivity index is 3.13. The van der Waals surface area contributed by atoms with Crippen molar-refractivity contribution in [3.8, 4) is 11.5 Å². The number of carboxylic acids is 1. The van der Waals surface area contributed by atoms with Gasteiger partial charge < -0.3 is 19.7 Å². The molecule has 1 aromatic rings. The lowest BCUT2D eigenvalue weighted by molar-refractivity contribution is -0.0274. The summed E-state index contributed by atoms with van der Waals surface area (Å²) in [6.45, 7) is 5.27. The maximum absolute atomic E-state index is 11.2. The molecular formula is C14H19ClO5. The van der Waals surface area contributed by atoms with Crippen molar-refractivity contribution in [2.75, 3.05) is 13.7 Å². The van der Waals surface area contributed by atoms with Crippen LogP contribution in [0.25, 0.3) is 0 Å². The molecule has 0 aromatic heterocycles. The van der Waals surface area contributed by atoms with Crippen molar-refractivity contribution in [1.82, 2.24) is 0 Å². The van der Waals surface area contributed by atoms with E-state index >= 15 is 0 Å². The molecule has 0 amide bonds. The molecule has 20 heavy (non-hydrogen) atoms. The Morgan fingerprint density at radius 1 is 1.45 bits per heavy atom. The summed E-state index contributed by atoms with van der Waals surface area (Å²) in [7, 11) is 1.39. The molecule has 0 heterocycles. The molecule has 0 saturated heterocycles. The quantitative estimate of drug-likeness (QED) is 0.845. The number of hydrogen-bond donors (Lipinski definition) is 2. The molecule has 112 valence electrons. The minimum atomic E-state index is -1.18. The number of methoxy groups -OCH3 is 1. The van der Waals surface area contributed by atoms with Gasteiger partial charge in [0, 0.05) is 11.1 Å². The first-order chi connectivity index (χ1) is 9.19. The van der Waals surface area contributed by atoms with Crippen molar-refractivity contribution in [2.45, 2.75) is 26.4 Å². The summed E-state index contributed by atoms with van der Waals surface area (Å²) >= 11 is 5.84. The minimum absolute atomic E-state index is 0.0472. The maximum atomic E-state index is 11.2. The molecule has 2 N–H and O–H groups in total. The van der Waals surface area contributed by atoms with Crippen molar-refractivity contribution >= 4 is 17.6 Å². The molecule has 0 bridgehead atoms. The number of rotatable bonds is 6. The van der Waals surface area contributed by atoms with Crippen molar-refractivity contribution in [3.63, 3.8) is 0 Å². The fraction of sp³-hybridized carbons (Fsp3) is 0.500. The number of ether oxygens (including phenoxy) is 2. The third-order valence-electron chi connectivity index (χ3n) is 3.22. The normalized spacial score (nSPS) is 13.9. The Bertz CT molecular complexity index is 497. The van der Waals surface area contributed by atoms with Crippen LogP contribution in [0.5, 0.6) is 11.5 Å². The summed E-state index contributed by atoms with van der Waals surface area (Å²) in [6, 6.07) is 2.75. The number of carbonyl (C=O) groups is 1. The lowest BCUT2D eigenvalue weighted by atomic mass is 9.94. The van der Waals surface area contributed by atoms with Gasteiger partial charge in [-0.2, -0.15) is 0 Å². The van der Waals surface area contributed by atoms with Crippen LogP contribution in [-0.2, 0) is 0 Å². The van der Waals surface area contributed by atoms with Gasteiger partial charge in [0.05, 0.1) is 12.7 Å².